The van der Waals surface area contributed by atoms with Crippen LogP contribution in [0, 0.1) is 0 Å². The number of piperazine rings is 1. The molecule has 0 bridgehead atoms. The van der Waals surface area contributed by atoms with Crippen LogP contribution in [0.4, 0.5) is 5.13 Å². The third-order valence-electron chi connectivity index (χ3n) is 6.36. The highest BCUT2D eigenvalue weighted by molar-refractivity contribution is 7.98. The Kier molecular flexibility index (Phi) is 6.78. The summed E-state index contributed by atoms with van der Waals surface area (Å²) in [6.07, 6.45) is 3.27. The van der Waals surface area contributed by atoms with E-state index in [-0.39, 0.29) is 10.8 Å². The molecule has 0 N–H and O–H groups in total. The Hall–Kier alpha value is -1.85. The summed E-state index contributed by atoms with van der Waals surface area (Å²) in [4.78, 5) is 23.6. The van der Waals surface area contributed by atoms with E-state index >= 15 is 0 Å². The lowest BCUT2D eigenvalue weighted by molar-refractivity contribution is -0.134. The molecule has 0 spiro atoms. The van der Waals surface area contributed by atoms with E-state index in [2.05, 4.69) is 29.4 Å². The van der Waals surface area contributed by atoms with Gasteiger partial charge in [0.2, 0.25) is 15.9 Å². The second kappa shape index (κ2) is 9.66. The Labute approximate surface area is 212 Å². The highest BCUT2D eigenvalue weighted by Crippen LogP contribution is 2.35. The van der Waals surface area contributed by atoms with Crippen LogP contribution in [0.2, 0.25) is 5.02 Å². The third kappa shape index (κ3) is 4.42. The number of halogens is 1. The molecule has 2 aliphatic rings. The van der Waals surface area contributed by atoms with Gasteiger partial charge in [-0.1, -0.05) is 29.0 Å². The molecule has 2 aliphatic heterocycles. The summed E-state index contributed by atoms with van der Waals surface area (Å²) in [5.41, 5.74) is 1.03. The van der Waals surface area contributed by atoms with Gasteiger partial charge in [-0.05, 0) is 55.5 Å². The summed E-state index contributed by atoms with van der Waals surface area (Å²) < 4.78 is 29.0. The van der Waals surface area contributed by atoms with Crippen molar-refractivity contribution in [3.63, 3.8) is 0 Å². The number of fused-ring (bicyclic) bond motifs is 1. The molecule has 0 saturated carbocycles. The van der Waals surface area contributed by atoms with E-state index in [0.717, 1.165) is 20.2 Å². The average Bonchev–Trinajstić information content (AvgIpc) is 3.52. The van der Waals surface area contributed by atoms with E-state index in [1.54, 1.807) is 40.1 Å². The second-order valence-corrected chi connectivity index (χ2v) is 12.5. The predicted molar refractivity (Wildman–Crippen MR) is 139 cm³/mol. The number of aromatic nitrogens is 1. The molecule has 1 aromatic heterocycles. The summed E-state index contributed by atoms with van der Waals surface area (Å²) in [5, 5.41) is 1.44. The van der Waals surface area contributed by atoms with Gasteiger partial charge in [0.05, 0.1) is 15.1 Å². The third-order valence-corrected chi connectivity index (χ3v) is 10.4. The van der Waals surface area contributed by atoms with E-state index in [1.165, 1.54) is 16.4 Å². The zero-order valence-corrected chi connectivity index (χ0v) is 21.9. The largest absolute Gasteiger partial charge is 0.345 e. The van der Waals surface area contributed by atoms with Gasteiger partial charge in [-0.15, -0.1) is 11.8 Å². The van der Waals surface area contributed by atoms with E-state index < -0.39 is 16.1 Å². The first kappa shape index (κ1) is 23.9. The zero-order chi connectivity index (χ0) is 23.9. The van der Waals surface area contributed by atoms with Crippen molar-refractivity contribution in [3.8, 4) is 0 Å². The van der Waals surface area contributed by atoms with Crippen LogP contribution in [0.5, 0.6) is 0 Å². The monoisotopic (exact) mass is 536 g/mol. The molecule has 2 aromatic carbocycles. The van der Waals surface area contributed by atoms with Gasteiger partial charge in [-0.25, -0.2) is 13.4 Å². The minimum Gasteiger partial charge on any atom is -0.345 e. The summed E-state index contributed by atoms with van der Waals surface area (Å²) >= 11 is 9.28. The minimum atomic E-state index is -3.76. The molecular weight excluding hydrogens is 512 g/mol. The van der Waals surface area contributed by atoms with E-state index in [1.807, 2.05) is 0 Å². The number of thiazole rings is 1. The van der Waals surface area contributed by atoms with E-state index in [9.17, 15) is 13.2 Å². The fourth-order valence-electron chi connectivity index (χ4n) is 4.56. The maximum absolute atomic E-state index is 13.4. The van der Waals surface area contributed by atoms with Crippen LogP contribution in [-0.4, -0.2) is 73.5 Å². The van der Waals surface area contributed by atoms with Crippen LogP contribution < -0.4 is 4.90 Å². The number of rotatable bonds is 5. The summed E-state index contributed by atoms with van der Waals surface area (Å²) in [6, 6.07) is 11.7. The number of hydrogen-bond acceptors (Lipinski definition) is 7. The molecule has 3 heterocycles. The number of para-hydroxylation sites is 1. The molecule has 2 fully saturated rings. The van der Waals surface area contributed by atoms with Crippen LogP contribution in [0.15, 0.2) is 52.3 Å². The lowest BCUT2D eigenvalue weighted by atomic mass is 10.2. The molecule has 5 rings (SSSR count). The molecular formula is C23H25ClN4O3S3. The smallest absolute Gasteiger partial charge is 0.243 e. The molecule has 3 aromatic rings. The van der Waals surface area contributed by atoms with Crippen LogP contribution in [-0.2, 0) is 14.8 Å². The Balaban J connectivity index is 1.28. The molecule has 34 heavy (non-hydrogen) atoms. The van der Waals surface area contributed by atoms with Gasteiger partial charge in [0, 0.05) is 42.6 Å². The Morgan fingerprint density at radius 3 is 2.53 bits per heavy atom. The van der Waals surface area contributed by atoms with Gasteiger partial charge in [-0.3, -0.25) is 4.79 Å². The Bertz CT molecular complexity index is 1300. The number of carbonyl (C=O) groups is 1. The number of sulfonamides is 1. The second-order valence-electron chi connectivity index (χ2n) is 8.34. The number of nitrogens with zero attached hydrogens (tertiary/aromatic N) is 4. The molecule has 1 atom stereocenters. The van der Waals surface area contributed by atoms with E-state index in [4.69, 9.17) is 16.6 Å². The standard InChI is InChI=1S/C23H25ClN4O3S3/c1-32-19-5-2-6-20-21(19)25-23(33-20)27-14-12-26(13-15-27)22(29)18-4-3-11-28(18)34(30,31)17-9-7-16(24)8-10-17/h2,5-10,18H,3-4,11-15H2,1H3. The summed E-state index contributed by atoms with van der Waals surface area (Å²) in [5.74, 6) is -0.108. The van der Waals surface area contributed by atoms with Gasteiger partial charge in [0.15, 0.2) is 5.13 Å². The number of amides is 1. The fraction of sp³-hybridized carbons (Fsp3) is 0.391. The molecule has 0 aliphatic carbocycles. The topological polar surface area (TPSA) is 73.8 Å². The normalized spacial score (nSPS) is 19.8. The Morgan fingerprint density at radius 2 is 1.82 bits per heavy atom. The molecule has 11 heteroatoms. The Morgan fingerprint density at radius 1 is 1.09 bits per heavy atom. The van der Waals surface area contributed by atoms with Crippen molar-refractivity contribution in [2.45, 2.75) is 28.7 Å². The van der Waals surface area contributed by atoms with Crippen molar-refractivity contribution < 1.29 is 13.2 Å². The number of carbonyl (C=O) groups excluding carboxylic acids is 1. The number of benzene rings is 2. The molecule has 180 valence electrons. The van der Waals surface area contributed by atoms with Crippen molar-refractivity contribution >= 4 is 66.0 Å². The van der Waals surface area contributed by atoms with E-state index in [0.29, 0.717) is 50.6 Å². The lowest BCUT2D eigenvalue weighted by Crippen LogP contribution is -2.54. The predicted octanol–water partition coefficient (Wildman–Crippen LogP) is 4.17. The lowest BCUT2D eigenvalue weighted by Gasteiger charge is -2.37. The number of hydrogen-bond donors (Lipinski definition) is 0. The first-order valence-corrected chi connectivity index (χ1v) is 15.0. The van der Waals surface area contributed by atoms with Crippen LogP contribution in [0.25, 0.3) is 10.2 Å². The average molecular weight is 537 g/mol. The quantitative estimate of drug-likeness (QED) is 0.456. The van der Waals surface area contributed by atoms with Gasteiger partial charge in [-0.2, -0.15) is 4.31 Å². The van der Waals surface area contributed by atoms with Crippen LogP contribution in [0.1, 0.15) is 12.8 Å². The zero-order valence-electron chi connectivity index (χ0n) is 18.7. The molecule has 7 nitrogen and oxygen atoms in total. The van der Waals surface area contributed by atoms with Crippen molar-refractivity contribution in [1.29, 1.82) is 0 Å². The van der Waals surface area contributed by atoms with Crippen molar-refractivity contribution in [2.75, 3.05) is 43.9 Å². The molecule has 0 radical (unpaired) electrons. The molecule has 1 amide bonds. The summed E-state index contributed by atoms with van der Waals surface area (Å²) in [6.45, 7) is 2.81. The van der Waals surface area contributed by atoms with Gasteiger partial charge >= 0.3 is 0 Å². The van der Waals surface area contributed by atoms with Crippen molar-refractivity contribution in [3.05, 3.63) is 47.5 Å². The minimum absolute atomic E-state index is 0.108. The summed E-state index contributed by atoms with van der Waals surface area (Å²) in [7, 11) is -3.76. The fourth-order valence-corrected chi connectivity index (χ4v) is 8.01. The first-order valence-electron chi connectivity index (χ1n) is 11.1. The highest BCUT2D eigenvalue weighted by Gasteiger charge is 2.41. The number of thioether (sulfide) groups is 1. The SMILES string of the molecule is CSc1cccc2sc(N3CCN(C(=O)C4CCCN4S(=O)(=O)c4ccc(Cl)cc4)CC3)nc12. The molecule has 1 unspecified atom stereocenters. The van der Waals surface area contributed by atoms with Crippen LogP contribution >= 0.6 is 34.7 Å². The number of anilines is 1. The van der Waals surface area contributed by atoms with Gasteiger partial charge in [0.25, 0.3) is 0 Å². The van der Waals surface area contributed by atoms with Gasteiger partial charge < -0.3 is 9.80 Å². The van der Waals surface area contributed by atoms with Crippen molar-refractivity contribution in [2.24, 2.45) is 0 Å². The van der Waals surface area contributed by atoms with Crippen LogP contribution in [0.3, 0.4) is 0 Å². The molecule has 2 saturated heterocycles. The first-order chi connectivity index (χ1) is 16.4. The van der Waals surface area contributed by atoms with Crippen molar-refractivity contribution in [1.82, 2.24) is 14.2 Å². The van der Waals surface area contributed by atoms with Gasteiger partial charge in [0.1, 0.15) is 6.04 Å². The maximum Gasteiger partial charge on any atom is 0.243 e. The highest BCUT2D eigenvalue weighted by atomic mass is 35.5. The maximum atomic E-state index is 13.4.